The zero-order valence-electron chi connectivity index (χ0n) is 16.9. The summed E-state index contributed by atoms with van der Waals surface area (Å²) in [6.07, 6.45) is 6.08. The summed E-state index contributed by atoms with van der Waals surface area (Å²) in [4.78, 5) is 4.22. The number of nitrogens with one attached hydrogen (secondary N) is 3. The fourth-order valence-corrected chi connectivity index (χ4v) is 3.23. The molecule has 8 heteroatoms. The standard InChI is InChI=1S/C17H26N4OS2.C2H7N/c1-14-5-6-16(22-14)13-24-12-9-20-17(23)19-7-3-4-10-21-11-8-18-15(21)2;1-3-2/h5-6,8,11H,3-4,7,9-10,12-13H2,1-2H3,(H2,19,20,23);3H,1-2H3. The van der Waals surface area contributed by atoms with Gasteiger partial charge in [-0.3, -0.25) is 0 Å². The molecule has 2 heterocycles. The molecule has 0 aliphatic heterocycles. The van der Waals surface area contributed by atoms with Gasteiger partial charge in [0.1, 0.15) is 17.3 Å². The van der Waals surface area contributed by atoms with Crippen LogP contribution in [-0.2, 0) is 12.3 Å². The van der Waals surface area contributed by atoms with Crippen LogP contribution in [0.3, 0.4) is 0 Å². The third kappa shape index (κ3) is 11.0. The maximum atomic E-state index is 5.54. The molecule has 0 saturated carbocycles. The molecule has 3 N–H and O–H groups in total. The summed E-state index contributed by atoms with van der Waals surface area (Å²) in [5.41, 5.74) is 0. The summed E-state index contributed by atoms with van der Waals surface area (Å²) < 4.78 is 7.71. The quantitative estimate of drug-likeness (QED) is 0.410. The molecule has 6 nitrogen and oxygen atoms in total. The first kappa shape index (κ1) is 23.5. The Hall–Kier alpha value is -1.51. The van der Waals surface area contributed by atoms with Crippen molar-refractivity contribution in [3.05, 3.63) is 41.9 Å². The third-order valence-electron chi connectivity index (χ3n) is 3.61. The van der Waals surface area contributed by atoms with Crippen molar-refractivity contribution in [1.82, 2.24) is 25.5 Å². The molecular formula is C19H33N5OS2. The van der Waals surface area contributed by atoms with Crippen LogP contribution in [0.2, 0.25) is 0 Å². The van der Waals surface area contributed by atoms with Crippen molar-refractivity contribution in [2.24, 2.45) is 0 Å². The Morgan fingerprint density at radius 3 is 2.56 bits per heavy atom. The molecule has 27 heavy (non-hydrogen) atoms. The van der Waals surface area contributed by atoms with E-state index in [0.717, 1.165) is 66.4 Å². The first-order chi connectivity index (χ1) is 13.1. The molecule has 152 valence electrons. The molecule has 0 bridgehead atoms. The van der Waals surface area contributed by atoms with Gasteiger partial charge in [-0.2, -0.15) is 11.8 Å². The Labute approximate surface area is 172 Å². The zero-order valence-corrected chi connectivity index (χ0v) is 18.5. The Morgan fingerprint density at radius 2 is 1.93 bits per heavy atom. The number of hydrogen-bond acceptors (Lipinski definition) is 5. The van der Waals surface area contributed by atoms with Crippen LogP contribution in [0.5, 0.6) is 0 Å². The second-order valence-electron chi connectivity index (χ2n) is 6.12. The van der Waals surface area contributed by atoms with E-state index >= 15 is 0 Å². The van der Waals surface area contributed by atoms with Crippen LogP contribution in [0.25, 0.3) is 0 Å². The highest BCUT2D eigenvalue weighted by Gasteiger charge is 2.00. The largest absolute Gasteiger partial charge is 0.466 e. The summed E-state index contributed by atoms with van der Waals surface area (Å²) in [5, 5.41) is 9.99. The minimum atomic E-state index is 0.739. The van der Waals surface area contributed by atoms with Gasteiger partial charge in [-0.15, -0.1) is 0 Å². The van der Waals surface area contributed by atoms with Crippen LogP contribution < -0.4 is 16.0 Å². The summed E-state index contributed by atoms with van der Waals surface area (Å²) >= 11 is 7.13. The van der Waals surface area contributed by atoms with Crippen LogP contribution in [0.15, 0.2) is 28.9 Å². The van der Waals surface area contributed by atoms with Crippen molar-refractivity contribution in [2.75, 3.05) is 32.9 Å². The number of furan rings is 1. The van der Waals surface area contributed by atoms with E-state index in [2.05, 4.69) is 25.5 Å². The van der Waals surface area contributed by atoms with Crippen molar-refractivity contribution in [1.29, 1.82) is 0 Å². The van der Waals surface area contributed by atoms with Gasteiger partial charge in [0.2, 0.25) is 0 Å². The van der Waals surface area contributed by atoms with E-state index in [-0.39, 0.29) is 0 Å². The predicted octanol–water partition coefficient (Wildman–Crippen LogP) is 3.11. The van der Waals surface area contributed by atoms with Gasteiger partial charge in [0.25, 0.3) is 0 Å². The van der Waals surface area contributed by atoms with E-state index in [1.165, 1.54) is 0 Å². The van der Waals surface area contributed by atoms with E-state index in [1.54, 1.807) is 0 Å². The number of unbranched alkanes of at least 4 members (excludes halogenated alkanes) is 1. The fourth-order valence-electron chi connectivity index (χ4n) is 2.28. The Bertz CT molecular complexity index is 642. The molecule has 0 amide bonds. The van der Waals surface area contributed by atoms with E-state index in [9.17, 15) is 0 Å². The summed E-state index contributed by atoms with van der Waals surface area (Å²) in [6, 6.07) is 4.04. The smallest absolute Gasteiger partial charge is 0.166 e. The van der Waals surface area contributed by atoms with Gasteiger partial charge in [0, 0.05) is 37.8 Å². The van der Waals surface area contributed by atoms with Crippen LogP contribution >= 0.6 is 24.0 Å². The highest BCUT2D eigenvalue weighted by molar-refractivity contribution is 7.98. The number of thiocarbonyl (C=S) groups is 1. The topological polar surface area (TPSA) is 67.0 Å². The molecule has 0 saturated heterocycles. The third-order valence-corrected chi connectivity index (χ3v) is 4.88. The van der Waals surface area contributed by atoms with Crippen LogP contribution in [0.1, 0.15) is 30.2 Å². The Balaban J connectivity index is 0.00000114. The van der Waals surface area contributed by atoms with Crippen molar-refractivity contribution < 1.29 is 4.42 Å². The number of aromatic nitrogens is 2. The normalized spacial score (nSPS) is 10.2. The van der Waals surface area contributed by atoms with Crippen molar-refractivity contribution in [3.8, 4) is 0 Å². The maximum Gasteiger partial charge on any atom is 0.166 e. The number of nitrogens with zero attached hydrogens (tertiary/aromatic N) is 2. The molecular weight excluding hydrogens is 378 g/mol. The van der Waals surface area contributed by atoms with Gasteiger partial charge in [0.15, 0.2) is 5.11 Å². The molecule has 2 aromatic heterocycles. The molecule has 0 spiro atoms. The molecule has 0 aliphatic carbocycles. The highest BCUT2D eigenvalue weighted by atomic mass is 32.2. The predicted molar refractivity (Wildman–Crippen MR) is 119 cm³/mol. The fraction of sp³-hybridized carbons (Fsp3) is 0.579. The SMILES string of the molecule is CNC.Cc1ccc(CSCCNC(=S)NCCCCn2ccnc2C)o1. The van der Waals surface area contributed by atoms with E-state index in [0.29, 0.717) is 0 Å². The number of rotatable bonds is 10. The summed E-state index contributed by atoms with van der Waals surface area (Å²) in [7, 11) is 3.75. The maximum absolute atomic E-state index is 5.54. The molecule has 0 radical (unpaired) electrons. The lowest BCUT2D eigenvalue weighted by molar-refractivity contribution is 0.501. The first-order valence-corrected chi connectivity index (χ1v) is 10.8. The average molecular weight is 412 g/mol. The summed E-state index contributed by atoms with van der Waals surface area (Å²) in [5.74, 6) is 4.98. The van der Waals surface area contributed by atoms with Crippen molar-refractivity contribution in [2.45, 2.75) is 39.0 Å². The van der Waals surface area contributed by atoms with E-state index in [1.807, 2.05) is 64.2 Å². The summed E-state index contributed by atoms with van der Waals surface area (Å²) in [6.45, 7) is 6.78. The highest BCUT2D eigenvalue weighted by Crippen LogP contribution is 2.14. The van der Waals surface area contributed by atoms with Crippen molar-refractivity contribution >= 4 is 29.1 Å². The van der Waals surface area contributed by atoms with Crippen LogP contribution in [0, 0.1) is 13.8 Å². The second-order valence-corrected chi connectivity index (χ2v) is 7.64. The number of hydrogen-bond donors (Lipinski definition) is 3. The molecule has 0 unspecified atom stereocenters. The molecule has 2 rings (SSSR count). The molecule has 0 atom stereocenters. The van der Waals surface area contributed by atoms with Crippen molar-refractivity contribution in [3.63, 3.8) is 0 Å². The lowest BCUT2D eigenvalue weighted by Gasteiger charge is -2.10. The number of thioether (sulfide) groups is 1. The second kappa shape index (κ2) is 14.5. The van der Waals surface area contributed by atoms with E-state index < -0.39 is 0 Å². The first-order valence-electron chi connectivity index (χ1n) is 9.27. The Morgan fingerprint density at radius 1 is 1.19 bits per heavy atom. The lowest BCUT2D eigenvalue weighted by atomic mass is 10.3. The van der Waals surface area contributed by atoms with Crippen LogP contribution in [-0.4, -0.2) is 47.6 Å². The molecule has 0 fully saturated rings. The minimum absolute atomic E-state index is 0.739. The monoisotopic (exact) mass is 411 g/mol. The molecule has 2 aromatic rings. The number of imidazole rings is 1. The van der Waals surface area contributed by atoms with Gasteiger partial charge in [-0.05, 0) is 65.1 Å². The molecule has 0 aromatic carbocycles. The average Bonchev–Trinajstić information content (AvgIpc) is 3.23. The zero-order chi connectivity index (χ0) is 19.9. The Kier molecular flexibility index (Phi) is 12.7. The lowest BCUT2D eigenvalue weighted by Crippen LogP contribution is -2.36. The van der Waals surface area contributed by atoms with Crippen LogP contribution in [0.4, 0.5) is 0 Å². The van der Waals surface area contributed by atoms with Gasteiger partial charge < -0.3 is 24.9 Å². The van der Waals surface area contributed by atoms with E-state index in [4.69, 9.17) is 16.6 Å². The van der Waals surface area contributed by atoms with Gasteiger partial charge in [-0.25, -0.2) is 4.98 Å². The van der Waals surface area contributed by atoms with Gasteiger partial charge in [-0.1, -0.05) is 0 Å². The number of aryl methyl sites for hydroxylation is 3. The van der Waals surface area contributed by atoms with Gasteiger partial charge >= 0.3 is 0 Å². The van der Waals surface area contributed by atoms with Gasteiger partial charge in [0.05, 0.1) is 5.75 Å². The minimum Gasteiger partial charge on any atom is -0.466 e. The molecule has 0 aliphatic rings.